The van der Waals surface area contributed by atoms with Crippen LogP contribution in [-0.2, 0) is 9.31 Å². The van der Waals surface area contributed by atoms with Gasteiger partial charge in [0.25, 0.3) is 0 Å². The molecule has 4 aromatic rings. The van der Waals surface area contributed by atoms with Crippen molar-refractivity contribution in [2.75, 3.05) is 0 Å². The Labute approximate surface area is 246 Å². The van der Waals surface area contributed by atoms with Crippen molar-refractivity contribution in [2.45, 2.75) is 66.6 Å². The third-order valence-corrected chi connectivity index (χ3v) is 8.35. The summed E-state index contributed by atoms with van der Waals surface area (Å²) in [5.41, 5.74) is 11.7. The summed E-state index contributed by atoms with van der Waals surface area (Å²) in [5.74, 6) is 0. The molecule has 0 amide bonds. The highest BCUT2D eigenvalue weighted by atomic mass is 16.7. The average Bonchev–Trinajstić information content (AvgIpc) is 3.12. The van der Waals surface area contributed by atoms with Gasteiger partial charge in [0, 0.05) is 0 Å². The van der Waals surface area contributed by atoms with E-state index in [0.717, 1.165) is 38.9 Å². The van der Waals surface area contributed by atoms with Crippen LogP contribution in [0.1, 0.15) is 72.2 Å². The smallest absolute Gasteiger partial charge is 0.399 e. The van der Waals surface area contributed by atoms with Crippen molar-refractivity contribution >= 4 is 29.8 Å². The normalized spacial score (nSPS) is 17.0. The van der Waals surface area contributed by atoms with Gasteiger partial charge in [0.05, 0.1) is 11.2 Å². The van der Waals surface area contributed by atoms with Crippen LogP contribution in [0.2, 0.25) is 0 Å². The minimum atomic E-state index is -0.553. The highest BCUT2D eigenvalue weighted by Crippen LogP contribution is 2.46. The Morgan fingerprint density at radius 1 is 0.561 bits per heavy atom. The van der Waals surface area contributed by atoms with Crippen LogP contribution in [0.25, 0.3) is 22.7 Å². The zero-order valence-electron chi connectivity index (χ0n) is 25.7. The van der Waals surface area contributed by atoms with Crippen LogP contribution in [0.15, 0.2) is 97.1 Å². The molecule has 0 spiro atoms. The van der Waals surface area contributed by atoms with Gasteiger partial charge in [-0.1, -0.05) is 119 Å². The highest BCUT2D eigenvalue weighted by molar-refractivity contribution is 6.72. The Bertz CT molecular complexity index is 1620. The summed E-state index contributed by atoms with van der Waals surface area (Å²) in [5, 5.41) is 0. The van der Waals surface area contributed by atoms with Crippen LogP contribution < -0.4 is 0 Å². The van der Waals surface area contributed by atoms with Crippen LogP contribution in [-0.4, -0.2) is 18.3 Å². The standard InChI is InChI=1S/C38H41BO2/c1-26-13-9-17-30(21-26)25-34(31-18-10-14-27(2)22-31)35(32-19-11-15-28(3)23-32)36(33-20-12-16-29(4)24-33)39-40-37(5,6)38(7,8)41-39/h9-25H,1-8H3/b34-25-,36-35-. The first-order valence-corrected chi connectivity index (χ1v) is 14.5. The van der Waals surface area contributed by atoms with Gasteiger partial charge in [0.2, 0.25) is 0 Å². The number of allylic oxidation sites excluding steroid dienone is 2. The molecule has 1 aliphatic heterocycles. The van der Waals surface area contributed by atoms with Gasteiger partial charge in [0.15, 0.2) is 0 Å². The molecule has 5 rings (SSSR count). The first-order valence-electron chi connectivity index (χ1n) is 14.5. The number of benzene rings is 4. The minimum Gasteiger partial charge on any atom is -0.399 e. The summed E-state index contributed by atoms with van der Waals surface area (Å²) in [6.45, 7) is 17.1. The number of rotatable bonds is 6. The molecule has 0 aromatic heterocycles. The van der Waals surface area contributed by atoms with Crippen molar-refractivity contribution in [1.82, 2.24) is 0 Å². The Balaban J connectivity index is 1.93. The monoisotopic (exact) mass is 540 g/mol. The molecule has 1 aliphatic rings. The van der Waals surface area contributed by atoms with Gasteiger partial charge in [-0.25, -0.2) is 0 Å². The summed E-state index contributed by atoms with van der Waals surface area (Å²) in [6.07, 6.45) is 2.32. The van der Waals surface area contributed by atoms with Crippen LogP contribution in [0.4, 0.5) is 0 Å². The predicted molar refractivity (Wildman–Crippen MR) is 175 cm³/mol. The molecule has 4 aromatic carbocycles. The largest absolute Gasteiger partial charge is 0.496 e. The topological polar surface area (TPSA) is 18.5 Å². The van der Waals surface area contributed by atoms with Crippen molar-refractivity contribution in [3.05, 3.63) is 142 Å². The molecule has 1 fully saturated rings. The fourth-order valence-electron chi connectivity index (χ4n) is 5.47. The Kier molecular flexibility index (Phi) is 7.96. The summed E-state index contributed by atoms with van der Waals surface area (Å²) in [7, 11) is -0.553. The Hall–Kier alpha value is -3.66. The predicted octanol–water partition coefficient (Wildman–Crippen LogP) is 9.70. The second-order valence-corrected chi connectivity index (χ2v) is 12.5. The zero-order valence-corrected chi connectivity index (χ0v) is 25.7. The van der Waals surface area contributed by atoms with Crippen molar-refractivity contribution in [2.24, 2.45) is 0 Å². The molecule has 1 saturated heterocycles. The molecule has 1 heterocycles. The van der Waals surface area contributed by atoms with Crippen LogP contribution in [0.3, 0.4) is 0 Å². The van der Waals surface area contributed by atoms with Gasteiger partial charge in [-0.3, -0.25) is 0 Å². The van der Waals surface area contributed by atoms with Gasteiger partial charge >= 0.3 is 7.12 Å². The molecule has 0 aliphatic carbocycles. The molecule has 208 valence electrons. The molecule has 0 atom stereocenters. The lowest BCUT2D eigenvalue weighted by Gasteiger charge is -2.32. The molecule has 0 bridgehead atoms. The van der Waals surface area contributed by atoms with E-state index in [2.05, 4.69) is 159 Å². The van der Waals surface area contributed by atoms with Gasteiger partial charge < -0.3 is 9.31 Å². The van der Waals surface area contributed by atoms with Gasteiger partial charge in [-0.05, 0) is 100 Å². The lowest BCUT2D eigenvalue weighted by Crippen LogP contribution is -2.41. The summed E-state index contributed by atoms with van der Waals surface area (Å²) >= 11 is 0. The van der Waals surface area contributed by atoms with E-state index in [9.17, 15) is 0 Å². The molecule has 0 N–H and O–H groups in total. The first-order chi connectivity index (χ1) is 19.4. The lowest BCUT2D eigenvalue weighted by molar-refractivity contribution is 0.00578. The SMILES string of the molecule is Cc1cccc(/C=C(\C(=C(/B2OC(C)(C)C(C)(C)O2)c2cccc(C)c2)c2cccc(C)c2)c2cccc(C)c2)c1. The maximum Gasteiger partial charge on any atom is 0.496 e. The van der Waals surface area contributed by atoms with Gasteiger partial charge in [-0.15, -0.1) is 0 Å². The quantitative estimate of drug-likeness (QED) is 0.138. The maximum absolute atomic E-state index is 6.82. The van der Waals surface area contributed by atoms with E-state index in [0.29, 0.717) is 0 Å². The molecule has 2 nitrogen and oxygen atoms in total. The van der Waals surface area contributed by atoms with E-state index in [4.69, 9.17) is 9.31 Å². The van der Waals surface area contributed by atoms with Crippen molar-refractivity contribution in [3.8, 4) is 0 Å². The van der Waals surface area contributed by atoms with Crippen LogP contribution >= 0.6 is 0 Å². The fraction of sp³-hybridized carbons (Fsp3) is 0.263. The van der Waals surface area contributed by atoms with E-state index in [-0.39, 0.29) is 0 Å². The van der Waals surface area contributed by atoms with Crippen LogP contribution in [0, 0.1) is 27.7 Å². The first kappa shape index (κ1) is 28.9. The zero-order chi connectivity index (χ0) is 29.4. The van der Waals surface area contributed by atoms with E-state index in [1.54, 1.807) is 0 Å². The number of aryl methyl sites for hydroxylation is 4. The second kappa shape index (κ2) is 11.3. The third-order valence-electron chi connectivity index (χ3n) is 8.35. The molecule has 41 heavy (non-hydrogen) atoms. The average molecular weight is 541 g/mol. The molecular formula is C38H41BO2. The third kappa shape index (κ3) is 6.17. The molecular weight excluding hydrogens is 499 g/mol. The minimum absolute atomic E-state index is 0.478. The second-order valence-electron chi connectivity index (χ2n) is 12.5. The maximum atomic E-state index is 6.82. The highest BCUT2D eigenvalue weighted by Gasteiger charge is 2.53. The van der Waals surface area contributed by atoms with Gasteiger partial charge in [-0.2, -0.15) is 0 Å². The molecule has 3 heteroatoms. The summed E-state index contributed by atoms with van der Waals surface area (Å²) < 4.78 is 13.6. The molecule has 0 unspecified atom stereocenters. The number of hydrogen-bond donors (Lipinski definition) is 0. The summed E-state index contributed by atoms with van der Waals surface area (Å²) in [4.78, 5) is 0. The molecule has 0 saturated carbocycles. The van der Waals surface area contributed by atoms with E-state index >= 15 is 0 Å². The lowest BCUT2D eigenvalue weighted by atomic mass is 9.67. The Morgan fingerprint density at radius 2 is 1.00 bits per heavy atom. The molecule has 0 radical (unpaired) electrons. The van der Waals surface area contributed by atoms with E-state index in [1.165, 1.54) is 22.3 Å². The fourth-order valence-corrected chi connectivity index (χ4v) is 5.47. The van der Waals surface area contributed by atoms with Gasteiger partial charge in [0.1, 0.15) is 0 Å². The van der Waals surface area contributed by atoms with Crippen LogP contribution in [0.5, 0.6) is 0 Å². The van der Waals surface area contributed by atoms with Crippen molar-refractivity contribution < 1.29 is 9.31 Å². The van der Waals surface area contributed by atoms with Crippen molar-refractivity contribution in [3.63, 3.8) is 0 Å². The Morgan fingerprint density at radius 3 is 1.54 bits per heavy atom. The summed E-state index contributed by atoms with van der Waals surface area (Å²) in [6, 6.07) is 34.9. The van der Waals surface area contributed by atoms with E-state index < -0.39 is 18.3 Å². The van der Waals surface area contributed by atoms with E-state index in [1.807, 2.05) is 0 Å². The number of hydrogen-bond acceptors (Lipinski definition) is 2. The van der Waals surface area contributed by atoms with Crippen molar-refractivity contribution in [1.29, 1.82) is 0 Å².